The summed E-state index contributed by atoms with van der Waals surface area (Å²) in [5, 5.41) is 8.57. The molecule has 5 heteroatoms. The minimum atomic E-state index is -2.85. The van der Waals surface area contributed by atoms with Gasteiger partial charge in [-0.15, -0.1) is 0 Å². The van der Waals surface area contributed by atoms with Crippen molar-refractivity contribution in [3.05, 3.63) is 0 Å². The topological polar surface area (TPSA) is 61.2 Å². The highest BCUT2D eigenvalue weighted by Crippen LogP contribution is 1.98. The Labute approximate surface area is 86.4 Å². The molecule has 0 aromatic rings. The molecule has 0 amide bonds. The maximum Gasteiger partial charge on any atom is 0.147 e. The van der Waals surface area contributed by atoms with E-state index in [1.807, 2.05) is 18.9 Å². The van der Waals surface area contributed by atoms with Gasteiger partial charge in [0.25, 0.3) is 0 Å². The molecule has 0 rings (SSSR count). The minimum Gasteiger partial charge on any atom is -0.305 e. The van der Waals surface area contributed by atoms with Crippen LogP contribution >= 0.6 is 0 Å². The van der Waals surface area contributed by atoms with Gasteiger partial charge in [0, 0.05) is 12.8 Å². The van der Waals surface area contributed by atoms with Gasteiger partial charge >= 0.3 is 0 Å². The SMILES string of the molecule is CC(C#N)CN(C)CCCS(C)(=O)=O. The third kappa shape index (κ3) is 8.02. The smallest absolute Gasteiger partial charge is 0.147 e. The molecule has 0 aliphatic heterocycles. The van der Waals surface area contributed by atoms with Crippen LogP contribution in [0.4, 0.5) is 0 Å². The fraction of sp³-hybridized carbons (Fsp3) is 0.889. The highest BCUT2D eigenvalue weighted by molar-refractivity contribution is 7.90. The van der Waals surface area contributed by atoms with Crippen molar-refractivity contribution in [2.75, 3.05) is 32.1 Å². The summed E-state index contributed by atoms with van der Waals surface area (Å²) in [6.07, 6.45) is 1.87. The fourth-order valence-corrected chi connectivity index (χ4v) is 1.85. The van der Waals surface area contributed by atoms with Gasteiger partial charge in [0.05, 0.1) is 17.7 Å². The second-order valence-corrected chi connectivity index (χ2v) is 6.04. The molecule has 14 heavy (non-hydrogen) atoms. The lowest BCUT2D eigenvalue weighted by molar-refractivity contribution is 0.311. The highest BCUT2D eigenvalue weighted by atomic mass is 32.2. The molecule has 0 aromatic carbocycles. The van der Waals surface area contributed by atoms with E-state index in [0.717, 1.165) is 6.54 Å². The normalized spacial score (nSPS) is 13.9. The Balaban J connectivity index is 3.66. The summed E-state index contributed by atoms with van der Waals surface area (Å²) < 4.78 is 21.6. The Morgan fingerprint density at radius 3 is 2.50 bits per heavy atom. The minimum absolute atomic E-state index is 0.00164. The van der Waals surface area contributed by atoms with Gasteiger partial charge in [-0.2, -0.15) is 5.26 Å². The third-order valence-corrected chi connectivity index (χ3v) is 2.89. The van der Waals surface area contributed by atoms with Crippen LogP contribution < -0.4 is 0 Å². The van der Waals surface area contributed by atoms with Crippen LogP contribution in [0.2, 0.25) is 0 Å². The number of nitriles is 1. The molecule has 0 spiro atoms. The maximum atomic E-state index is 10.8. The second-order valence-electron chi connectivity index (χ2n) is 3.78. The predicted octanol–water partition coefficient (Wildman–Crippen LogP) is 0.513. The zero-order valence-corrected chi connectivity index (χ0v) is 9.84. The van der Waals surface area contributed by atoms with Crippen LogP contribution in [0.25, 0.3) is 0 Å². The largest absolute Gasteiger partial charge is 0.305 e. The summed E-state index contributed by atoms with van der Waals surface area (Å²) in [6.45, 7) is 3.27. The van der Waals surface area contributed by atoms with E-state index in [2.05, 4.69) is 6.07 Å². The molecule has 0 aromatic heterocycles. The number of nitrogens with zero attached hydrogens (tertiary/aromatic N) is 2. The summed E-state index contributed by atoms with van der Waals surface area (Å²) in [5.41, 5.74) is 0. The second kappa shape index (κ2) is 5.99. The summed E-state index contributed by atoms with van der Waals surface area (Å²) in [7, 11) is -0.947. The van der Waals surface area contributed by atoms with E-state index in [0.29, 0.717) is 13.0 Å². The van der Waals surface area contributed by atoms with Gasteiger partial charge in [-0.25, -0.2) is 8.42 Å². The van der Waals surface area contributed by atoms with Gasteiger partial charge in [-0.3, -0.25) is 0 Å². The first-order chi connectivity index (χ1) is 6.35. The lowest BCUT2D eigenvalue weighted by atomic mass is 10.2. The van der Waals surface area contributed by atoms with Gasteiger partial charge in [-0.05, 0) is 26.9 Å². The maximum absolute atomic E-state index is 10.8. The summed E-state index contributed by atoms with van der Waals surface area (Å²) in [4.78, 5) is 1.99. The molecule has 0 radical (unpaired) electrons. The van der Waals surface area contributed by atoms with Crippen molar-refractivity contribution in [2.24, 2.45) is 5.92 Å². The van der Waals surface area contributed by atoms with Crippen molar-refractivity contribution in [1.82, 2.24) is 4.90 Å². The number of hydrogen-bond donors (Lipinski definition) is 0. The lowest BCUT2D eigenvalue weighted by Crippen LogP contribution is -2.26. The lowest BCUT2D eigenvalue weighted by Gasteiger charge is -2.16. The molecule has 4 nitrogen and oxygen atoms in total. The Kier molecular flexibility index (Phi) is 5.73. The number of hydrogen-bond acceptors (Lipinski definition) is 4. The molecule has 0 saturated carbocycles. The van der Waals surface area contributed by atoms with E-state index in [-0.39, 0.29) is 11.7 Å². The van der Waals surface area contributed by atoms with E-state index >= 15 is 0 Å². The molecule has 0 aliphatic carbocycles. The molecular formula is C9H18N2O2S. The molecule has 0 saturated heterocycles. The van der Waals surface area contributed by atoms with Crippen molar-refractivity contribution in [2.45, 2.75) is 13.3 Å². The van der Waals surface area contributed by atoms with Crippen LogP contribution in [0.5, 0.6) is 0 Å². The van der Waals surface area contributed by atoms with Gasteiger partial charge in [0.15, 0.2) is 0 Å². The molecule has 1 unspecified atom stereocenters. The van der Waals surface area contributed by atoms with Gasteiger partial charge in [-0.1, -0.05) is 0 Å². The molecule has 0 N–H and O–H groups in total. The van der Waals surface area contributed by atoms with Crippen molar-refractivity contribution >= 4 is 9.84 Å². The van der Waals surface area contributed by atoms with Crippen molar-refractivity contribution in [3.63, 3.8) is 0 Å². The molecule has 0 heterocycles. The Hall–Kier alpha value is -0.600. The van der Waals surface area contributed by atoms with Gasteiger partial charge in [0.2, 0.25) is 0 Å². The molecule has 0 fully saturated rings. The average molecular weight is 218 g/mol. The van der Waals surface area contributed by atoms with Crippen LogP contribution in [0.15, 0.2) is 0 Å². The van der Waals surface area contributed by atoms with Crippen LogP contribution in [-0.2, 0) is 9.84 Å². The molecule has 0 bridgehead atoms. The van der Waals surface area contributed by atoms with Crippen LogP contribution in [0, 0.1) is 17.2 Å². The first-order valence-corrected chi connectivity index (χ1v) is 6.67. The van der Waals surface area contributed by atoms with E-state index in [9.17, 15) is 8.42 Å². The first kappa shape index (κ1) is 13.4. The molecule has 82 valence electrons. The van der Waals surface area contributed by atoms with Crippen LogP contribution in [0.1, 0.15) is 13.3 Å². The highest BCUT2D eigenvalue weighted by Gasteiger charge is 2.06. The predicted molar refractivity (Wildman–Crippen MR) is 56.6 cm³/mol. The Bertz CT molecular complexity index is 292. The molecular weight excluding hydrogens is 200 g/mol. The zero-order valence-electron chi connectivity index (χ0n) is 9.02. The van der Waals surface area contributed by atoms with Crippen molar-refractivity contribution < 1.29 is 8.42 Å². The average Bonchev–Trinajstić information content (AvgIpc) is 2.01. The molecule has 1 atom stereocenters. The molecule has 0 aliphatic rings. The number of rotatable bonds is 6. The summed E-state index contributed by atoms with van der Waals surface area (Å²) in [5.74, 6) is 0.219. The first-order valence-electron chi connectivity index (χ1n) is 4.61. The quantitative estimate of drug-likeness (QED) is 0.652. The summed E-state index contributed by atoms with van der Waals surface area (Å²) >= 11 is 0. The standard InChI is InChI=1S/C9H18N2O2S/c1-9(7-10)8-11(2)5-4-6-14(3,12)13/h9H,4-6,8H2,1-3H3. The van der Waals surface area contributed by atoms with E-state index in [1.54, 1.807) is 0 Å². The van der Waals surface area contributed by atoms with E-state index in [4.69, 9.17) is 5.26 Å². The van der Waals surface area contributed by atoms with Crippen LogP contribution in [0.3, 0.4) is 0 Å². The van der Waals surface area contributed by atoms with Crippen molar-refractivity contribution in [1.29, 1.82) is 5.26 Å². The van der Waals surface area contributed by atoms with E-state index in [1.165, 1.54) is 6.26 Å². The fourth-order valence-electron chi connectivity index (χ4n) is 1.20. The summed E-state index contributed by atoms with van der Waals surface area (Å²) in [6, 6.07) is 2.14. The van der Waals surface area contributed by atoms with Crippen molar-refractivity contribution in [3.8, 4) is 6.07 Å². The van der Waals surface area contributed by atoms with Crippen LogP contribution in [-0.4, -0.2) is 45.5 Å². The van der Waals surface area contributed by atoms with Gasteiger partial charge in [0.1, 0.15) is 9.84 Å². The zero-order chi connectivity index (χ0) is 11.2. The number of sulfone groups is 1. The Morgan fingerprint density at radius 1 is 1.50 bits per heavy atom. The van der Waals surface area contributed by atoms with E-state index < -0.39 is 9.84 Å². The van der Waals surface area contributed by atoms with Gasteiger partial charge < -0.3 is 4.90 Å². The monoisotopic (exact) mass is 218 g/mol. The Morgan fingerprint density at radius 2 is 2.07 bits per heavy atom. The third-order valence-electron chi connectivity index (χ3n) is 1.86.